The van der Waals surface area contributed by atoms with Crippen LogP contribution in [0.3, 0.4) is 0 Å². The van der Waals surface area contributed by atoms with Crippen molar-refractivity contribution in [2.24, 2.45) is 4.99 Å². The third-order valence-corrected chi connectivity index (χ3v) is 1.52. The van der Waals surface area contributed by atoms with Gasteiger partial charge in [-0.3, -0.25) is 4.99 Å². The summed E-state index contributed by atoms with van der Waals surface area (Å²) in [6.45, 7) is 11.1. The van der Waals surface area contributed by atoms with Crippen LogP contribution in [0.4, 0.5) is 11.5 Å². The highest BCUT2D eigenvalue weighted by atomic mass is 15.0. The molecule has 0 aromatic carbocycles. The molecule has 1 aromatic heterocycles. The molecule has 0 aliphatic carbocycles. The molecule has 1 rings (SSSR count). The van der Waals surface area contributed by atoms with E-state index in [1.165, 1.54) is 0 Å². The first kappa shape index (κ1) is 12.4. The van der Waals surface area contributed by atoms with Gasteiger partial charge in [0.25, 0.3) is 0 Å². The van der Waals surface area contributed by atoms with E-state index in [4.69, 9.17) is 0 Å². The highest BCUT2D eigenvalue weighted by molar-refractivity contribution is 5.63. The van der Waals surface area contributed by atoms with Crippen molar-refractivity contribution < 1.29 is 0 Å². The van der Waals surface area contributed by atoms with E-state index in [9.17, 15) is 0 Å². The first-order valence-electron chi connectivity index (χ1n) is 4.59. The van der Waals surface area contributed by atoms with Crippen molar-refractivity contribution in [3.63, 3.8) is 0 Å². The summed E-state index contributed by atoms with van der Waals surface area (Å²) in [7, 11) is 1.82. The summed E-state index contributed by atoms with van der Waals surface area (Å²) in [5.74, 6) is 0.803. The summed E-state index contributed by atoms with van der Waals surface area (Å²) in [5, 5.41) is 2.93. The molecule has 3 heteroatoms. The molecule has 0 bridgehead atoms. The van der Waals surface area contributed by atoms with Gasteiger partial charge in [-0.15, -0.1) is 0 Å². The maximum absolute atomic E-state index is 4.22. The van der Waals surface area contributed by atoms with Gasteiger partial charge in [-0.1, -0.05) is 20.4 Å². The molecule has 14 heavy (non-hydrogen) atoms. The van der Waals surface area contributed by atoms with E-state index in [-0.39, 0.29) is 0 Å². The molecular formula is C11H17N3. The number of hydrogen-bond acceptors (Lipinski definition) is 3. The van der Waals surface area contributed by atoms with E-state index in [2.05, 4.69) is 28.6 Å². The average Bonchev–Trinajstić information content (AvgIpc) is 2.30. The van der Waals surface area contributed by atoms with E-state index in [0.29, 0.717) is 0 Å². The number of aliphatic imine (C=N–C) groups is 1. The Bertz CT molecular complexity index is 305. The lowest BCUT2D eigenvalue weighted by atomic mass is 10.3. The first-order chi connectivity index (χ1) is 6.81. The zero-order valence-corrected chi connectivity index (χ0v) is 9.04. The van der Waals surface area contributed by atoms with Gasteiger partial charge in [-0.2, -0.15) is 0 Å². The molecule has 1 aromatic rings. The van der Waals surface area contributed by atoms with Crippen LogP contribution in [-0.2, 0) is 0 Å². The Morgan fingerprint density at radius 1 is 1.43 bits per heavy atom. The Kier molecular flexibility index (Phi) is 6.03. The number of nitrogens with one attached hydrogen (secondary N) is 1. The fourth-order valence-corrected chi connectivity index (χ4v) is 0.891. The van der Waals surface area contributed by atoms with Crippen LogP contribution >= 0.6 is 0 Å². The quantitative estimate of drug-likeness (QED) is 0.745. The van der Waals surface area contributed by atoms with Gasteiger partial charge >= 0.3 is 0 Å². The van der Waals surface area contributed by atoms with E-state index in [1.807, 2.05) is 33.0 Å². The topological polar surface area (TPSA) is 37.3 Å². The summed E-state index contributed by atoms with van der Waals surface area (Å²) >= 11 is 0. The molecule has 0 saturated heterocycles. The van der Waals surface area contributed by atoms with Crippen molar-refractivity contribution >= 4 is 24.3 Å². The van der Waals surface area contributed by atoms with Crippen LogP contribution in [0.25, 0.3) is 6.08 Å². The Balaban J connectivity index is 0.000000791. The fourth-order valence-electron chi connectivity index (χ4n) is 0.891. The second-order valence-electron chi connectivity index (χ2n) is 2.21. The molecule has 0 saturated carbocycles. The van der Waals surface area contributed by atoms with Crippen molar-refractivity contribution in [3.8, 4) is 0 Å². The third-order valence-electron chi connectivity index (χ3n) is 1.52. The average molecular weight is 191 g/mol. The molecule has 0 fully saturated rings. The number of pyridine rings is 1. The highest BCUT2D eigenvalue weighted by Gasteiger charge is 1.98. The van der Waals surface area contributed by atoms with Crippen molar-refractivity contribution in [1.82, 2.24) is 4.98 Å². The summed E-state index contributed by atoms with van der Waals surface area (Å²) in [4.78, 5) is 8.02. The lowest BCUT2D eigenvalue weighted by Gasteiger charge is -2.02. The summed E-state index contributed by atoms with van der Waals surface area (Å²) in [6.07, 6.45) is 1.66. The minimum absolute atomic E-state index is 0.747. The zero-order valence-electron chi connectivity index (χ0n) is 9.04. The van der Waals surface area contributed by atoms with E-state index in [1.54, 1.807) is 6.08 Å². The van der Waals surface area contributed by atoms with Crippen LogP contribution in [0.1, 0.15) is 19.5 Å². The summed E-state index contributed by atoms with van der Waals surface area (Å²) < 4.78 is 0. The molecule has 1 N–H and O–H groups in total. The van der Waals surface area contributed by atoms with Gasteiger partial charge < -0.3 is 5.32 Å². The lowest BCUT2D eigenvalue weighted by molar-refractivity contribution is 1.25. The zero-order chi connectivity index (χ0) is 11.0. The second kappa shape index (κ2) is 6.83. The molecule has 0 radical (unpaired) electrons. The predicted molar refractivity (Wildman–Crippen MR) is 64.4 cm³/mol. The van der Waals surface area contributed by atoms with Crippen molar-refractivity contribution in [3.05, 3.63) is 24.4 Å². The number of anilines is 1. The molecule has 0 amide bonds. The maximum atomic E-state index is 4.22. The van der Waals surface area contributed by atoms with Gasteiger partial charge in [0.1, 0.15) is 5.82 Å². The van der Waals surface area contributed by atoms with Gasteiger partial charge in [-0.25, -0.2) is 4.98 Å². The standard InChI is InChI=1S/C9H11N3.C2H6/c1-4-7-8(10-2)5-6-9(11-3)12-7;1-2/h4-6H,1-2H2,3H3,(H,11,12);1-2H3. The van der Waals surface area contributed by atoms with Crippen LogP contribution < -0.4 is 5.32 Å². The molecule has 3 nitrogen and oxygen atoms in total. The number of rotatable bonds is 3. The van der Waals surface area contributed by atoms with Crippen LogP contribution in [0.2, 0.25) is 0 Å². The van der Waals surface area contributed by atoms with Gasteiger partial charge in [0.2, 0.25) is 0 Å². The van der Waals surface area contributed by atoms with Crippen LogP contribution in [-0.4, -0.2) is 18.7 Å². The summed E-state index contributed by atoms with van der Waals surface area (Å²) in [6, 6.07) is 3.69. The Morgan fingerprint density at radius 2 is 2.07 bits per heavy atom. The van der Waals surface area contributed by atoms with Gasteiger partial charge in [0.05, 0.1) is 11.4 Å². The molecular weight excluding hydrogens is 174 g/mol. The molecule has 0 spiro atoms. The van der Waals surface area contributed by atoms with Crippen molar-refractivity contribution in [1.29, 1.82) is 0 Å². The smallest absolute Gasteiger partial charge is 0.126 e. The van der Waals surface area contributed by atoms with Gasteiger partial charge in [0, 0.05) is 7.05 Å². The molecule has 0 atom stereocenters. The largest absolute Gasteiger partial charge is 0.373 e. The monoisotopic (exact) mass is 191 g/mol. The van der Waals surface area contributed by atoms with E-state index in [0.717, 1.165) is 17.2 Å². The van der Waals surface area contributed by atoms with Crippen LogP contribution in [0.15, 0.2) is 23.7 Å². The van der Waals surface area contributed by atoms with Crippen LogP contribution in [0.5, 0.6) is 0 Å². The van der Waals surface area contributed by atoms with E-state index < -0.39 is 0 Å². The van der Waals surface area contributed by atoms with Crippen LogP contribution in [0, 0.1) is 0 Å². The van der Waals surface area contributed by atoms with Crippen molar-refractivity contribution in [2.75, 3.05) is 12.4 Å². The molecule has 1 heterocycles. The molecule has 0 aliphatic heterocycles. The Hall–Kier alpha value is -1.64. The van der Waals surface area contributed by atoms with E-state index >= 15 is 0 Å². The fraction of sp³-hybridized carbons (Fsp3) is 0.273. The minimum Gasteiger partial charge on any atom is -0.373 e. The SMILES string of the molecule is C=Cc1nc(NC)ccc1N=C.CC. The minimum atomic E-state index is 0.747. The Morgan fingerprint density at radius 3 is 2.50 bits per heavy atom. The second-order valence-corrected chi connectivity index (χ2v) is 2.21. The maximum Gasteiger partial charge on any atom is 0.126 e. The Labute approximate surface area is 85.6 Å². The van der Waals surface area contributed by atoms with Crippen molar-refractivity contribution in [2.45, 2.75) is 13.8 Å². The number of aromatic nitrogens is 1. The normalized spacial score (nSPS) is 8.21. The lowest BCUT2D eigenvalue weighted by Crippen LogP contribution is -1.92. The third kappa shape index (κ3) is 3.01. The summed E-state index contributed by atoms with van der Waals surface area (Å²) in [5.41, 5.74) is 1.50. The van der Waals surface area contributed by atoms with Gasteiger partial charge in [-0.05, 0) is 24.9 Å². The predicted octanol–water partition coefficient (Wildman–Crippen LogP) is 3.12. The first-order valence-corrected chi connectivity index (χ1v) is 4.59. The highest BCUT2D eigenvalue weighted by Crippen LogP contribution is 2.19. The molecule has 0 aliphatic rings. The van der Waals surface area contributed by atoms with Gasteiger partial charge in [0.15, 0.2) is 0 Å². The molecule has 0 unspecified atom stereocenters. The number of hydrogen-bond donors (Lipinski definition) is 1. The molecule has 76 valence electrons. The number of nitrogens with zero attached hydrogens (tertiary/aromatic N) is 2.